The number of Topliss-reactive ketones (excluding diaryl/α,β-unsaturated/α-hetero) is 2. The van der Waals surface area contributed by atoms with Crippen LogP contribution in [0.2, 0.25) is 0 Å². The van der Waals surface area contributed by atoms with Crippen LogP contribution in [0.4, 0.5) is 4.39 Å². The second-order valence-corrected chi connectivity index (χ2v) is 15.4. The van der Waals surface area contributed by atoms with Gasteiger partial charge in [-0.3, -0.25) is 19.2 Å². The number of likely N-dealkylation sites (N-methyl/N-ethyl adjacent to an activating group) is 1. The number of carbonyl (C=O) groups excluding carboxylic acids is 5. The lowest BCUT2D eigenvalue weighted by atomic mass is 9.73. The van der Waals surface area contributed by atoms with Crippen LogP contribution in [-0.2, 0) is 52.4 Å². The fourth-order valence-corrected chi connectivity index (χ4v) is 7.89. The predicted octanol–water partition coefficient (Wildman–Crippen LogP) is 3.17. The van der Waals surface area contributed by atoms with Crippen LogP contribution in [0.5, 0.6) is 0 Å². The lowest BCUT2D eigenvalue weighted by Crippen LogP contribution is -2.62. The number of aliphatic hydroxyl groups is 1. The summed E-state index contributed by atoms with van der Waals surface area (Å²) in [6.07, 6.45) is -6.40. The molecular weight excluding hydrogens is 683 g/mol. The Kier molecular flexibility index (Phi) is 14.5. The molecule has 2 bridgehead atoms. The van der Waals surface area contributed by atoms with Crippen molar-refractivity contribution < 1.29 is 61.9 Å². The smallest absolute Gasteiger partial charge is 0.351 e. The summed E-state index contributed by atoms with van der Waals surface area (Å²) in [5.41, 5.74) is -6.62. The fourth-order valence-electron chi connectivity index (χ4n) is 7.89. The zero-order valence-corrected chi connectivity index (χ0v) is 32.7. The molecule has 13 atom stereocenters. The zero-order valence-electron chi connectivity index (χ0n) is 32.7. The molecule has 3 aliphatic rings. The first-order chi connectivity index (χ1) is 24.0. The van der Waals surface area contributed by atoms with Gasteiger partial charge in [-0.2, -0.15) is 0 Å². The maximum atomic E-state index is 16.7. The van der Waals surface area contributed by atoms with Gasteiger partial charge in [0.2, 0.25) is 5.91 Å². The molecule has 0 spiro atoms. The van der Waals surface area contributed by atoms with E-state index in [2.05, 4.69) is 4.99 Å². The average Bonchev–Trinajstić information content (AvgIpc) is 3.07. The third-order valence-electron chi connectivity index (χ3n) is 10.7. The molecule has 0 aromatic heterocycles. The highest BCUT2D eigenvalue weighted by molar-refractivity contribution is 6.08. The van der Waals surface area contributed by atoms with E-state index in [1.54, 1.807) is 34.6 Å². The van der Waals surface area contributed by atoms with E-state index in [1.807, 2.05) is 25.9 Å². The molecule has 3 rings (SSSR count). The Hall–Kier alpha value is -2.69. The number of amides is 1. The van der Waals surface area contributed by atoms with Crippen molar-refractivity contribution >= 4 is 35.1 Å². The van der Waals surface area contributed by atoms with Gasteiger partial charge >= 0.3 is 11.9 Å². The highest BCUT2D eigenvalue weighted by atomic mass is 19.1. The minimum Gasteiger partial charge on any atom is -0.457 e. The highest BCUT2D eigenvalue weighted by Crippen LogP contribution is 2.41. The first kappa shape index (κ1) is 43.7. The molecule has 3 saturated heterocycles. The lowest BCUT2D eigenvalue weighted by molar-refractivity contribution is -0.299. The van der Waals surface area contributed by atoms with Gasteiger partial charge in [0.05, 0.1) is 30.0 Å². The maximum Gasteiger partial charge on any atom is 0.351 e. The second-order valence-electron chi connectivity index (χ2n) is 15.4. The third-order valence-corrected chi connectivity index (χ3v) is 10.7. The van der Waals surface area contributed by atoms with Gasteiger partial charge in [-0.15, -0.1) is 0 Å². The van der Waals surface area contributed by atoms with Crippen molar-refractivity contribution in [1.82, 2.24) is 4.90 Å². The van der Waals surface area contributed by atoms with Gasteiger partial charge in [-0.1, -0.05) is 34.6 Å². The number of alkyl halides is 1. The molecule has 0 radical (unpaired) electrons. The standard InChI is InChI=1S/C37H59FN2O12/c1-13-26-37(10,46)32-21(5)28(39-27(43)14-2)19(3)16-35(8,48-18-24(42)17-47-32)31(22(6)30(44)36(9,38)34(45)51-26)52-33-29(50-23(7)41)25(40(11)12)15-20(4)49-33/h19-22,25-26,29,31-33,46H,13-18H2,1-12H3/t19-,20-,21+,22+,25+,26-,29-,31-,32-,33+,35-,36+,37-/m1/s1. The first-order valence-corrected chi connectivity index (χ1v) is 18.2. The van der Waals surface area contributed by atoms with Crippen molar-refractivity contribution in [3.8, 4) is 0 Å². The van der Waals surface area contributed by atoms with E-state index in [9.17, 15) is 29.1 Å². The number of carbonyl (C=O) groups is 5. The van der Waals surface area contributed by atoms with Crippen LogP contribution in [0.15, 0.2) is 4.99 Å². The summed E-state index contributed by atoms with van der Waals surface area (Å²) in [5, 5.41) is 12.1. The average molecular weight is 743 g/mol. The molecule has 0 aromatic rings. The van der Waals surface area contributed by atoms with E-state index in [0.717, 1.165) is 6.92 Å². The molecule has 3 aliphatic heterocycles. The van der Waals surface area contributed by atoms with Crippen LogP contribution in [0, 0.1) is 17.8 Å². The number of halogens is 1. The summed E-state index contributed by atoms with van der Waals surface area (Å²) < 4.78 is 53.4. The van der Waals surface area contributed by atoms with Crippen LogP contribution in [0.3, 0.4) is 0 Å². The van der Waals surface area contributed by atoms with Crippen LogP contribution in [0.1, 0.15) is 94.9 Å². The van der Waals surface area contributed by atoms with Gasteiger partial charge in [0.15, 0.2) is 24.0 Å². The van der Waals surface area contributed by atoms with Crippen LogP contribution in [-0.4, -0.2) is 132 Å². The number of ether oxygens (including phenoxy) is 6. The number of ketones is 2. The predicted molar refractivity (Wildman–Crippen MR) is 186 cm³/mol. The van der Waals surface area contributed by atoms with Gasteiger partial charge in [0.1, 0.15) is 24.9 Å². The highest BCUT2D eigenvalue weighted by Gasteiger charge is 2.57. The second kappa shape index (κ2) is 17.2. The summed E-state index contributed by atoms with van der Waals surface area (Å²) in [6.45, 7) is 13.8. The normalized spacial score (nSPS) is 42.2. The Morgan fingerprint density at radius 2 is 1.67 bits per heavy atom. The van der Waals surface area contributed by atoms with E-state index >= 15 is 4.39 Å². The number of hydrogen-bond acceptors (Lipinski definition) is 13. The molecule has 3 fully saturated rings. The van der Waals surface area contributed by atoms with Crippen molar-refractivity contribution in [3.63, 3.8) is 0 Å². The molecule has 52 heavy (non-hydrogen) atoms. The largest absolute Gasteiger partial charge is 0.457 e. The minimum atomic E-state index is -3.23. The molecule has 1 amide bonds. The molecule has 0 unspecified atom stereocenters. The van der Waals surface area contributed by atoms with Crippen molar-refractivity contribution in [1.29, 1.82) is 0 Å². The van der Waals surface area contributed by atoms with Gasteiger partial charge in [-0.05, 0) is 67.0 Å². The lowest BCUT2D eigenvalue weighted by Gasteiger charge is -2.48. The number of hydrogen-bond donors (Lipinski definition) is 1. The molecule has 1 N–H and O–H groups in total. The van der Waals surface area contributed by atoms with E-state index in [1.165, 1.54) is 20.8 Å². The summed E-state index contributed by atoms with van der Waals surface area (Å²) in [5.74, 6) is -7.31. The minimum absolute atomic E-state index is 0.0241. The first-order valence-electron chi connectivity index (χ1n) is 18.2. The third kappa shape index (κ3) is 9.51. The van der Waals surface area contributed by atoms with Gasteiger partial charge in [0, 0.05) is 30.9 Å². The van der Waals surface area contributed by atoms with Gasteiger partial charge in [0.25, 0.3) is 5.67 Å². The SMILES string of the molecule is CCC(=O)N=C1[C@H](C)C[C@@]2(C)OCC(=O)CO[C@H]([C@H]1C)[C@](C)(O)[C@@H](CC)OC(=O)[C@@](C)(F)C(=O)[C@H](C)[C@H]2O[C@@H]1O[C@H](C)C[C@H](N(C)C)[C@H]1OC(C)=O. The Morgan fingerprint density at radius 1 is 1.04 bits per heavy atom. The summed E-state index contributed by atoms with van der Waals surface area (Å²) in [6, 6.07) is -0.391. The molecule has 0 aliphatic carbocycles. The Labute approximate surface area is 306 Å². The maximum absolute atomic E-state index is 16.7. The monoisotopic (exact) mass is 742 g/mol. The summed E-state index contributed by atoms with van der Waals surface area (Å²) >= 11 is 0. The van der Waals surface area contributed by atoms with Crippen molar-refractivity contribution in [2.45, 2.75) is 155 Å². The van der Waals surface area contributed by atoms with E-state index in [4.69, 9.17) is 28.4 Å². The topological polar surface area (TPSA) is 177 Å². The van der Waals surface area contributed by atoms with Crippen LogP contribution < -0.4 is 0 Å². The van der Waals surface area contributed by atoms with Crippen molar-refractivity contribution in [3.05, 3.63) is 0 Å². The number of rotatable bonds is 6. The van der Waals surface area contributed by atoms with Crippen LogP contribution >= 0.6 is 0 Å². The molecular formula is C37H59FN2O12. The number of fused-ring (bicyclic) bond motifs is 5. The molecule has 0 saturated carbocycles. The molecule has 15 heteroatoms. The Bertz CT molecular complexity index is 1370. The van der Waals surface area contributed by atoms with Crippen molar-refractivity contribution in [2.75, 3.05) is 27.3 Å². The molecule has 0 aromatic carbocycles. The Morgan fingerprint density at radius 3 is 2.23 bits per heavy atom. The quantitative estimate of drug-likeness (QED) is 0.311. The summed E-state index contributed by atoms with van der Waals surface area (Å²) in [7, 11) is 3.61. The summed E-state index contributed by atoms with van der Waals surface area (Å²) in [4.78, 5) is 73.0. The number of aliphatic imine (C=N–C) groups is 1. The molecule has 14 nitrogen and oxygen atoms in total. The van der Waals surface area contributed by atoms with Crippen molar-refractivity contribution in [2.24, 2.45) is 22.7 Å². The van der Waals surface area contributed by atoms with E-state index in [-0.39, 0.29) is 19.3 Å². The fraction of sp³-hybridized carbons (Fsp3) is 0.838. The van der Waals surface area contributed by atoms with E-state index in [0.29, 0.717) is 12.1 Å². The van der Waals surface area contributed by atoms with Gasteiger partial charge in [-0.25, -0.2) is 14.2 Å². The molecule has 296 valence electrons. The molecule has 3 heterocycles. The number of cyclic esters (lactones) is 1. The zero-order chi connectivity index (χ0) is 39.5. The van der Waals surface area contributed by atoms with E-state index < -0.39 is 120 Å². The Balaban J connectivity index is 2.37. The number of esters is 2. The number of nitrogens with zero attached hydrogens (tertiary/aromatic N) is 2. The van der Waals surface area contributed by atoms with Gasteiger partial charge < -0.3 is 38.4 Å². The van der Waals surface area contributed by atoms with Crippen LogP contribution in [0.25, 0.3) is 0 Å².